The third kappa shape index (κ3) is 6.17. The molecule has 334 valence electrons. The highest BCUT2D eigenvalue weighted by atomic mass is 15.0. The number of benzene rings is 12. The van der Waals surface area contributed by atoms with Crippen molar-refractivity contribution in [1.29, 1.82) is 0 Å². The first-order valence-electron chi connectivity index (χ1n) is 24.5. The topological polar surface area (TPSA) is 48.5 Å². The van der Waals surface area contributed by atoms with Crippen LogP contribution < -0.4 is 0 Å². The van der Waals surface area contributed by atoms with Crippen LogP contribution in [0.2, 0.25) is 0 Å². The molecule has 15 rings (SSSR count). The molecule has 0 amide bonds. The second-order valence-electron chi connectivity index (χ2n) is 18.7. The van der Waals surface area contributed by atoms with Crippen molar-refractivity contribution in [2.75, 3.05) is 0 Å². The van der Waals surface area contributed by atoms with Gasteiger partial charge in [0.15, 0.2) is 17.5 Å². The maximum atomic E-state index is 5.42. The molecule has 5 heteroatoms. The molecule has 72 heavy (non-hydrogen) atoms. The SMILES string of the molecule is c1ccc(-c2cccc(-c3nc(-c4cc(-n5c6ccccc6c6c(-n7c8ccccc8c8ccc9ccccc9c87)c7ccccc7cc65)c5ccccc5c4)nc(-c4cccc5ccccc45)n3)c2)cc1. The van der Waals surface area contributed by atoms with Crippen molar-refractivity contribution in [1.82, 2.24) is 24.1 Å². The zero-order valence-corrected chi connectivity index (χ0v) is 38.9. The second kappa shape index (κ2) is 15.9. The summed E-state index contributed by atoms with van der Waals surface area (Å²) in [6, 6.07) is 89.5. The zero-order valence-electron chi connectivity index (χ0n) is 38.9. The molecule has 0 aliphatic rings. The van der Waals surface area contributed by atoms with Crippen molar-refractivity contribution in [3.8, 4) is 56.7 Å². The van der Waals surface area contributed by atoms with E-state index in [4.69, 9.17) is 15.0 Å². The molecular formula is C67H41N5. The van der Waals surface area contributed by atoms with Crippen molar-refractivity contribution >= 4 is 86.7 Å². The summed E-state index contributed by atoms with van der Waals surface area (Å²) in [6.07, 6.45) is 0. The summed E-state index contributed by atoms with van der Waals surface area (Å²) in [6.45, 7) is 0. The fourth-order valence-electron chi connectivity index (χ4n) is 11.5. The van der Waals surface area contributed by atoms with E-state index in [0.29, 0.717) is 17.5 Å². The monoisotopic (exact) mass is 915 g/mol. The quantitative estimate of drug-likeness (QED) is 0.167. The largest absolute Gasteiger partial charge is 0.308 e. The summed E-state index contributed by atoms with van der Waals surface area (Å²) < 4.78 is 5.03. The van der Waals surface area contributed by atoms with Crippen molar-refractivity contribution in [2.24, 2.45) is 0 Å². The molecule has 0 fully saturated rings. The molecule has 0 saturated carbocycles. The molecule has 0 N–H and O–H groups in total. The van der Waals surface area contributed by atoms with Crippen LogP contribution >= 0.6 is 0 Å². The van der Waals surface area contributed by atoms with Gasteiger partial charge < -0.3 is 9.13 Å². The van der Waals surface area contributed by atoms with Crippen LogP contribution in [0.15, 0.2) is 249 Å². The Bertz CT molecular complexity index is 4690. The summed E-state index contributed by atoms with van der Waals surface area (Å²) in [5, 5.41) is 14.0. The van der Waals surface area contributed by atoms with E-state index in [9.17, 15) is 0 Å². The molecule has 0 spiro atoms. The van der Waals surface area contributed by atoms with Crippen LogP contribution in [0.4, 0.5) is 0 Å². The van der Waals surface area contributed by atoms with E-state index < -0.39 is 0 Å². The second-order valence-corrected chi connectivity index (χ2v) is 18.7. The lowest BCUT2D eigenvalue weighted by Crippen LogP contribution is -2.02. The van der Waals surface area contributed by atoms with Gasteiger partial charge in [0.1, 0.15) is 0 Å². The molecule has 3 aromatic heterocycles. The average Bonchev–Trinajstić information content (AvgIpc) is 3.97. The number of hydrogen-bond acceptors (Lipinski definition) is 3. The van der Waals surface area contributed by atoms with Crippen LogP contribution in [0.3, 0.4) is 0 Å². The lowest BCUT2D eigenvalue weighted by molar-refractivity contribution is 1.07. The fourth-order valence-corrected chi connectivity index (χ4v) is 11.5. The first-order valence-corrected chi connectivity index (χ1v) is 24.5. The number of para-hydroxylation sites is 2. The summed E-state index contributed by atoms with van der Waals surface area (Å²) in [7, 11) is 0. The van der Waals surface area contributed by atoms with Gasteiger partial charge in [0.25, 0.3) is 0 Å². The molecule has 0 saturated heterocycles. The van der Waals surface area contributed by atoms with Gasteiger partial charge >= 0.3 is 0 Å². The fraction of sp³-hybridized carbons (Fsp3) is 0. The Balaban J connectivity index is 1.04. The molecule has 0 bridgehead atoms. The van der Waals surface area contributed by atoms with Gasteiger partial charge in [0, 0.05) is 54.4 Å². The van der Waals surface area contributed by atoms with Gasteiger partial charge in [-0.25, -0.2) is 15.0 Å². The zero-order chi connectivity index (χ0) is 47.3. The van der Waals surface area contributed by atoms with E-state index >= 15 is 0 Å². The van der Waals surface area contributed by atoms with Gasteiger partial charge in [-0.15, -0.1) is 0 Å². The van der Waals surface area contributed by atoms with E-state index in [2.05, 4.69) is 252 Å². The third-order valence-electron chi connectivity index (χ3n) is 14.7. The van der Waals surface area contributed by atoms with E-state index in [-0.39, 0.29) is 0 Å². The molecule has 0 atom stereocenters. The number of aromatic nitrogens is 5. The van der Waals surface area contributed by atoms with Crippen molar-refractivity contribution in [3.63, 3.8) is 0 Å². The highest BCUT2D eigenvalue weighted by Gasteiger charge is 2.25. The smallest absolute Gasteiger partial charge is 0.164 e. The van der Waals surface area contributed by atoms with Gasteiger partial charge in [0.05, 0.1) is 33.4 Å². The third-order valence-corrected chi connectivity index (χ3v) is 14.7. The van der Waals surface area contributed by atoms with Crippen molar-refractivity contribution in [3.05, 3.63) is 249 Å². The van der Waals surface area contributed by atoms with Crippen LogP contribution in [0, 0.1) is 0 Å². The molecule has 3 heterocycles. The molecule has 0 aliphatic heterocycles. The Morgan fingerprint density at radius 2 is 0.806 bits per heavy atom. The number of hydrogen-bond donors (Lipinski definition) is 0. The van der Waals surface area contributed by atoms with Gasteiger partial charge in [0.2, 0.25) is 0 Å². The van der Waals surface area contributed by atoms with Crippen molar-refractivity contribution < 1.29 is 0 Å². The maximum absolute atomic E-state index is 5.42. The average molecular weight is 916 g/mol. The minimum atomic E-state index is 0.601. The lowest BCUT2D eigenvalue weighted by Gasteiger charge is -2.17. The van der Waals surface area contributed by atoms with Crippen molar-refractivity contribution in [2.45, 2.75) is 0 Å². The highest BCUT2D eigenvalue weighted by Crippen LogP contribution is 2.46. The summed E-state index contributed by atoms with van der Waals surface area (Å²) in [5.74, 6) is 1.84. The Hall–Kier alpha value is -9.71. The first-order chi connectivity index (χ1) is 35.7. The Kier molecular flexibility index (Phi) is 8.89. The minimum Gasteiger partial charge on any atom is -0.308 e. The first kappa shape index (κ1) is 40.2. The summed E-state index contributed by atoms with van der Waals surface area (Å²) >= 11 is 0. The molecule has 15 aromatic rings. The molecular weight excluding hydrogens is 875 g/mol. The van der Waals surface area contributed by atoms with Gasteiger partial charge in [-0.2, -0.15) is 0 Å². The summed E-state index contributed by atoms with van der Waals surface area (Å²) in [5.41, 5.74) is 11.8. The van der Waals surface area contributed by atoms with Crippen LogP contribution in [0.1, 0.15) is 0 Å². The minimum absolute atomic E-state index is 0.601. The summed E-state index contributed by atoms with van der Waals surface area (Å²) in [4.78, 5) is 16.1. The standard InChI is InChI=1S/C67H41N5/c1-2-18-42(19-3-1)45-25-16-26-48(38-45)65-68-66(70-67(69-65)56-33-17-24-43-20-4-8-27-50(43)56)49-39-46-22-6-9-28-51(46)60(41-49)71-59-35-15-13-32-57(59)62-61(71)40-47-23-7-11-30-53(47)64(62)72-58-34-14-12-31-54(58)55-37-36-44-21-5-10-29-52(44)63(55)72/h1-41H. The molecule has 5 nitrogen and oxygen atoms in total. The van der Waals surface area contributed by atoms with Gasteiger partial charge in [-0.1, -0.05) is 212 Å². The molecule has 12 aromatic carbocycles. The number of fused-ring (bicyclic) bond motifs is 11. The van der Waals surface area contributed by atoms with E-state index in [0.717, 1.165) is 71.5 Å². The Morgan fingerprint density at radius 1 is 0.264 bits per heavy atom. The van der Waals surface area contributed by atoms with Crippen LogP contribution in [-0.2, 0) is 0 Å². The maximum Gasteiger partial charge on any atom is 0.164 e. The lowest BCUT2D eigenvalue weighted by atomic mass is 10.0. The number of rotatable bonds is 6. The molecule has 0 aliphatic carbocycles. The number of nitrogens with zero attached hydrogens (tertiary/aromatic N) is 5. The van der Waals surface area contributed by atoms with E-state index in [1.807, 2.05) is 6.07 Å². The predicted molar refractivity (Wildman–Crippen MR) is 300 cm³/mol. The Morgan fingerprint density at radius 3 is 1.60 bits per heavy atom. The van der Waals surface area contributed by atoms with E-state index in [1.54, 1.807) is 0 Å². The van der Waals surface area contributed by atoms with Crippen LogP contribution in [0.5, 0.6) is 0 Å². The molecule has 0 radical (unpaired) electrons. The van der Waals surface area contributed by atoms with Gasteiger partial charge in [-0.05, 0) is 74.5 Å². The normalized spacial score (nSPS) is 11.9. The highest BCUT2D eigenvalue weighted by molar-refractivity contribution is 6.25. The Labute approximate surface area is 414 Å². The van der Waals surface area contributed by atoms with Gasteiger partial charge in [-0.3, -0.25) is 0 Å². The predicted octanol–water partition coefficient (Wildman–Crippen LogP) is 17.3. The van der Waals surface area contributed by atoms with Crippen LogP contribution in [-0.4, -0.2) is 24.1 Å². The van der Waals surface area contributed by atoms with Crippen LogP contribution in [0.25, 0.3) is 143 Å². The van der Waals surface area contributed by atoms with E-state index in [1.165, 1.54) is 54.4 Å². The molecule has 0 unspecified atom stereocenters.